The van der Waals surface area contributed by atoms with Crippen LogP contribution in [-0.2, 0) is 18.9 Å². The Hall–Kier alpha value is -0.480. The lowest BCUT2D eigenvalue weighted by Gasteiger charge is -2.45. The van der Waals surface area contributed by atoms with E-state index in [0.717, 1.165) is 0 Å². The van der Waals surface area contributed by atoms with Gasteiger partial charge in [-0.05, 0) is 6.92 Å². The lowest BCUT2D eigenvalue weighted by molar-refractivity contribution is -0.358. The van der Waals surface area contributed by atoms with Crippen molar-refractivity contribution < 1.29 is 59.8 Å². The molecule has 27 heavy (non-hydrogen) atoms. The summed E-state index contributed by atoms with van der Waals surface area (Å²) in [5.41, 5.74) is 0. The number of hydrogen-bond donors (Lipinski definition) is 8. The van der Waals surface area contributed by atoms with Crippen LogP contribution in [-0.4, -0.2) is 128 Å². The lowest BCUT2D eigenvalue weighted by atomic mass is 9.97. The Labute approximate surface area is 155 Å². The Morgan fingerprint density at radius 1 is 0.852 bits per heavy atom. The fourth-order valence-corrected chi connectivity index (χ4v) is 2.89. The molecule has 0 aromatic heterocycles. The highest BCUT2D eigenvalue weighted by atomic mass is 16.7. The minimum absolute atomic E-state index is 0.399. The van der Waals surface area contributed by atoms with E-state index in [9.17, 15) is 35.7 Å². The molecule has 0 spiro atoms. The van der Waals surface area contributed by atoms with Crippen molar-refractivity contribution in [1.82, 2.24) is 0 Å². The summed E-state index contributed by atoms with van der Waals surface area (Å²) in [6.45, 7) is -0.202. The monoisotopic (exact) mass is 400 g/mol. The molecule has 0 radical (unpaired) electrons. The standard InChI is InChI=1S/C15H28O12/c1-5-8(19)10(21)11(22)15(25-5)27-13-9(20)7(3-17)26-14(12(13)23)24-4-6(18)2-16/h5-23H,2-4H2,1H3/t5-,6?,7+,8-,9+,10+,11+,12-,13-,14-,15-/m0/s1. The van der Waals surface area contributed by atoms with Gasteiger partial charge >= 0.3 is 0 Å². The van der Waals surface area contributed by atoms with Crippen molar-refractivity contribution in [2.45, 2.75) is 74.4 Å². The van der Waals surface area contributed by atoms with E-state index in [1.165, 1.54) is 6.92 Å². The van der Waals surface area contributed by atoms with Crippen molar-refractivity contribution >= 4 is 0 Å². The van der Waals surface area contributed by atoms with E-state index in [1.54, 1.807) is 0 Å². The van der Waals surface area contributed by atoms with Crippen LogP contribution in [0.25, 0.3) is 0 Å². The molecule has 160 valence electrons. The van der Waals surface area contributed by atoms with Crippen LogP contribution in [0.15, 0.2) is 0 Å². The number of hydrogen-bond acceptors (Lipinski definition) is 12. The molecular formula is C15H28O12. The molecule has 2 aliphatic rings. The normalized spacial score (nSPS) is 47.0. The van der Waals surface area contributed by atoms with Crippen LogP contribution in [0.5, 0.6) is 0 Å². The Morgan fingerprint density at radius 3 is 2.11 bits per heavy atom. The molecule has 0 aromatic rings. The van der Waals surface area contributed by atoms with E-state index in [0.29, 0.717) is 0 Å². The fraction of sp³-hybridized carbons (Fsp3) is 1.00. The summed E-state index contributed by atoms with van der Waals surface area (Å²) in [6.07, 6.45) is -15.5. The van der Waals surface area contributed by atoms with Gasteiger partial charge in [-0.25, -0.2) is 0 Å². The molecule has 2 saturated heterocycles. The molecule has 2 rings (SSSR count). The van der Waals surface area contributed by atoms with Gasteiger partial charge in [0.1, 0.15) is 48.8 Å². The molecule has 0 aliphatic carbocycles. The van der Waals surface area contributed by atoms with Crippen molar-refractivity contribution in [1.29, 1.82) is 0 Å². The molecule has 8 N–H and O–H groups in total. The van der Waals surface area contributed by atoms with E-state index < -0.39 is 87.3 Å². The molecule has 2 aliphatic heterocycles. The van der Waals surface area contributed by atoms with Crippen LogP contribution in [0.1, 0.15) is 6.92 Å². The van der Waals surface area contributed by atoms with Gasteiger partial charge in [0, 0.05) is 0 Å². The average Bonchev–Trinajstić information content (AvgIpc) is 2.66. The Balaban J connectivity index is 2.09. The van der Waals surface area contributed by atoms with E-state index >= 15 is 0 Å². The van der Waals surface area contributed by atoms with E-state index in [4.69, 9.17) is 24.1 Å². The summed E-state index contributed by atoms with van der Waals surface area (Å²) in [5, 5.41) is 77.8. The zero-order valence-electron chi connectivity index (χ0n) is 14.7. The van der Waals surface area contributed by atoms with Gasteiger partial charge in [-0.1, -0.05) is 0 Å². The molecule has 0 aromatic carbocycles. The number of aliphatic hydroxyl groups excluding tert-OH is 8. The first-order chi connectivity index (χ1) is 12.7. The van der Waals surface area contributed by atoms with Crippen LogP contribution >= 0.6 is 0 Å². The third-order valence-electron chi connectivity index (χ3n) is 4.59. The Kier molecular flexibility index (Phi) is 8.30. The smallest absolute Gasteiger partial charge is 0.187 e. The fourth-order valence-electron chi connectivity index (χ4n) is 2.89. The van der Waals surface area contributed by atoms with Gasteiger partial charge in [0.15, 0.2) is 12.6 Å². The Bertz CT molecular complexity index is 453. The van der Waals surface area contributed by atoms with Crippen molar-refractivity contribution in [3.8, 4) is 0 Å². The predicted molar refractivity (Wildman–Crippen MR) is 84.0 cm³/mol. The highest BCUT2D eigenvalue weighted by molar-refractivity contribution is 4.93. The topological polar surface area (TPSA) is 199 Å². The summed E-state index contributed by atoms with van der Waals surface area (Å²) < 4.78 is 21.1. The highest BCUT2D eigenvalue weighted by Gasteiger charge is 2.50. The first kappa shape index (κ1) is 22.8. The van der Waals surface area contributed by atoms with Gasteiger partial charge in [-0.15, -0.1) is 0 Å². The summed E-state index contributed by atoms with van der Waals surface area (Å²) >= 11 is 0. The van der Waals surface area contributed by atoms with Crippen LogP contribution in [0.3, 0.4) is 0 Å². The lowest BCUT2D eigenvalue weighted by Crippen LogP contribution is -2.64. The second-order valence-corrected chi connectivity index (χ2v) is 6.66. The zero-order chi connectivity index (χ0) is 20.3. The van der Waals surface area contributed by atoms with Gasteiger partial charge in [-0.3, -0.25) is 0 Å². The largest absolute Gasteiger partial charge is 0.394 e. The molecule has 11 atom stereocenters. The molecule has 1 unspecified atom stereocenters. The molecule has 0 bridgehead atoms. The van der Waals surface area contributed by atoms with Crippen LogP contribution < -0.4 is 0 Å². The molecule has 2 fully saturated rings. The van der Waals surface area contributed by atoms with Crippen LogP contribution in [0.4, 0.5) is 0 Å². The molecule has 0 saturated carbocycles. The second kappa shape index (κ2) is 9.82. The van der Waals surface area contributed by atoms with Gasteiger partial charge < -0.3 is 59.8 Å². The zero-order valence-corrected chi connectivity index (χ0v) is 14.7. The van der Waals surface area contributed by atoms with Gasteiger partial charge in [-0.2, -0.15) is 0 Å². The van der Waals surface area contributed by atoms with Crippen LogP contribution in [0, 0.1) is 0 Å². The van der Waals surface area contributed by atoms with E-state index in [-0.39, 0.29) is 0 Å². The molecule has 0 amide bonds. The molecule has 12 nitrogen and oxygen atoms in total. The summed E-state index contributed by atoms with van der Waals surface area (Å²) in [5.74, 6) is 0. The Morgan fingerprint density at radius 2 is 1.52 bits per heavy atom. The van der Waals surface area contributed by atoms with Gasteiger partial charge in [0.2, 0.25) is 0 Å². The highest BCUT2D eigenvalue weighted by Crippen LogP contribution is 2.29. The maximum atomic E-state index is 10.4. The van der Waals surface area contributed by atoms with E-state index in [1.807, 2.05) is 0 Å². The third-order valence-corrected chi connectivity index (χ3v) is 4.59. The predicted octanol–water partition coefficient (Wildman–Crippen LogP) is -4.99. The third kappa shape index (κ3) is 5.12. The van der Waals surface area contributed by atoms with Crippen molar-refractivity contribution in [2.75, 3.05) is 19.8 Å². The summed E-state index contributed by atoms with van der Waals surface area (Å²) in [7, 11) is 0. The van der Waals surface area contributed by atoms with Crippen molar-refractivity contribution in [3.05, 3.63) is 0 Å². The minimum Gasteiger partial charge on any atom is -0.394 e. The molecule has 2 heterocycles. The SMILES string of the molecule is C[C@@H]1O[C@@H](O[C@@H]2[C@H](O)[C@@H](OCC(O)CO)O[C@H](CO)[C@H]2O)[C@H](O)[C@H](O)[C@H]1O. The number of rotatable bonds is 7. The molecule has 12 heteroatoms. The maximum absolute atomic E-state index is 10.4. The first-order valence-corrected chi connectivity index (χ1v) is 8.59. The first-order valence-electron chi connectivity index (χ1n) is 8.59. The van der Waals surface area contributed by atoms with Crippen LogP contribution in [0.2, 0.25) is 0 Å². The quantitative estimate of drug-likeness (QED) is 0.203. The second-order valence-electron chi connectivity index (χ2n) is 6.66. The number of ether oxygens (including phenoxy) is 4. The summed E-state index contributed by atoms with van der Waals surface area (Å²) in [6, 6.07) is 0. The number of aliphatic hydroxyl groups is 8. The summed E-state index contributed by atoms with van der Waals surface area (Å²) in [4.78, 5) is 0. The van der Waals surface area contributed by atoms with Crippen molar-refractivity contribution in [3.63, 3.8) is 0 Å². The molecular weight excluding hydrogens is 372 g/mol. The van der Waals surface area contributed by atoms with Gasteiger partial charge in [0.05, 0.1) is 25.9 Å². The van der Waals surface area contributed by atoms with Gasteiger partial charge in [0.25, 0.3) is 0 Å². The van der Waals surface area contributed by atoms with E-state index in [2.05, 4.69) is 0 Å². The average molecular weight is 400 g/mol. The van der Waals surface area contributed by atoms with Crippen molar-refractivity contribution in [2.24, 2.45) is 0 Å². The minimum atomic E-state index is -1.67. The maximum Gasteiger partial charge on any atom is 0.187 e.